The highest BCUT2D eigenvalue weighted by molar-refractivity contribution is 5.47. The third-order valence-electron chi connectivity index (χ3n) is 2.05. The lowest BCUT2D eigenvalue weighted by atomic mass is 10.1. The molecule has 0 atom stereocenters. The zero-order valence-electron chi connectivity index (χ0n) is 11.0. The monoisotopic (exact) mass is 261 g/mol. The maximum Gasteiger partial charge on any atom is 0.405 e. The standard InChI is InChI=1S/C12H18F3N3/c1-11(2,3)17-9-6-5-7-10(16-9)18(4)8-12(13,14)15/h5-7H,8H2,1-4H3,(H,16,17). The zero-order chi connectivity index (χ0) is 14.0. The van der Waals surface area contributed by atoms with Gasteiger partial charge in [-0.25, -0.2) is 4.98 Å². The fraction of sp³-hybridized carbons (Fsp3) is 0.583. The normalized spacial score (nSPS) is 12.4. The van der Waals surface area contributed by atoms with Gasteiger partial charge >= 0.3 is 6.18 Å². The molecule has 1 N–H and O–H groups in total. The van der Waals surface area contributed by atoms with Gasteiger partial charge in [0.05, 0.1) is 0 Å². The van der Waals surface area contributed by atoms with Gasteiger partial charge in [0, 0.05) is 12.6 Å². The van der Waals surface area contributed by atoms with Crippen LogP contribution in [0, 0.1) is 0 Å². The minimum Gasteiger partial charge on any atom is -0.365 e. The third kappa shape index (κ3) is 5.25. The summed E-state index contributed by atoms with van der Waals surface area (Å²) in [4.78, 5) is 5.23. The van der Waals surface area contributed by atoms with Gasteiger partial charge in [-0.3, -0.25) is 0 Å². The molecule has 102 valence electrons. The highest BCUT2D eigenvalue weighted by Gasteiger charge is 2.29. The fourth-order valence-electron chi connectivity index (χ4n) is 1.44. The van der Waals surface area contributed by atoms with Gasteiger partial charge in [0.1, 0.15) is 18.2 Å². The van der Waals surface area contributed by atoms with Gasteiger partial charge in [0.15, 0.2) is 0 Å². The summed E-state index contributed by atoms with van der Waals surface area (Å²) in [5.74, 6) is 0.857. The van der Waals surface area contributed by atoms with Crippen molar-refractivity contribution in [2.45, 2.75) is 32.5 Å². The van der Waals surface area contributed by atoms with Gasteiger partial charge in [0.2, 0.25) is 0 Å². The lowest BCUT2D eigenvalue weighted by molar-refractivity contribution is -0.119. The smallest absolute Gasteiger partial charge is 0.365 e. The Labute approximate surface area is 105 Å². The lowest BCUT2D eigenvalue weighted by Crippen LogP contribution is -2.32. The molecule has 0 aliphatic rings. The van der Waals surface area contributed by atoms with Gasteiger partial charge < -0.3 is 10.2 Å². The van der Waals surface area contributed by atoms with Crippen molar-refractivity contribution in [3.63, 3.8) is 0 Å². The van der Waals surface area contributed by atoms with Crippen molar-refractivity contribution in [1.29, 1.82) is 0 Å². The number of nitrogens with zero attached hydrogens (tertiary/aromatic N) is 2. The predicted molar refractivity (Wildman–Crippen MR) is 66.9 cm³/mol. The van der Waals surface area contributed by atoms with Gasteiger partial charge in [0.25, 0.3) is 0 Å². The van der Waals surface area contributed by atoms with E-state index >= 15 is 0 Å². The molecule has 18 heavy (non-hydrogen) atoms. The molecule has 0 aromatic carbocycles. The number of hydrogen-bond acceptors (Lipinski definition) is 3. The molecule has 1 aromatic heterocycles. The van der Waals surface area contributed by atoms with Crippen LogP contribution in [0.15, 0.2) is 18.2 Å². The van der Waals surface area contributed by atoms with Gasteiger partial charge in [-0.2, -0.15) is 13.2 Å². The van der Waals surface area contributed by atoms with E-state index in [0.29, 0.717) is 11.6 Å². The average molecular weight is 261 g/mol. The van der Waals surface area contributed by atoms with Crippen LogP contribution < -0.4 is 10.2 Å². The number of nitrogens with one attached hydrogen (secondary N) is 1. The number of anilines is 2. The molecule has 1 aromatic rings. The molecule has 0 amide bonds. The van der Waals surface area contributed by atoms with Crippen molar-refractivity contribution in [2.24, 2.45) is 0 Å². The van der Waals surface area contributed by atoms with Crippen LogP contribution in [0.3, 0.4) is 0 Å². The Bertz CT molecular complexity index is 396. The highest BCUT2D eigenvalue weighted by atomic mass is 19.4. The van der Waals surface area contributed by atoms with Crippen molar-refractivity contribution in [3.8, 4) is 0 Å². The molecule has 1 rings (SSSR count). The Morgan fingerprint density at radius 1 is 1.22 bits per heavy atom. The fourth-order valence-corrected chi connectivity index (χ4v) is 1.44. The lowest BCUT2D eigenvalue weighted by Gasteiger charge is -2.24. The maximum absolute atomic E-state index is 12.3. The molecular formula is C12H18F3N3. The molecule has 0 aliphatic heterocycles. The first kappa shape index (κ1) is 14.6. The number of aromatic nitrogens is 1. The Kier molecular flexibility index (Phi) is 4.09. The molecule has 3 nitrogen and oxygen atoms in total. The number of alkyl halides is 3. The first-order valence-electron chi connectivity index (χ1n) is 5.60. The molecule has 1 heterocycles. The van der Waals surface area contributed by atoms with Gasteiger partial charge in [-0.05, 0) is 32.9 Å². The quantitative estimate of drug-likeness (QED) is 0.905. The summed E-state index contributed by atoms with van der Waals surface area (Å²) >= 11 is 0. The minimum atomic E-state index is -4.23. The summed E-state index contributed by atoms with van der Waals surface area (Å²) in [5, 5.41) is 3.12. The van der Waals surface area contributed by atoms with Crippen molar-refractivity contribution in [1.82, 2.24) is 4.98 Å². The molecule has 0 spiro atoms. The first-order chi connectivity index (χ1) is 8.07. The number of halogens is 3. The van der Waals surface area contributed by atoms with E-state index in [1.165, 1.54) is 7.05 Å². The Morgan fingerprint density at radius 2 is 1.83 bits per heavy atom. The van der Waals surface area contributed by atoms with Crippen molar-refractivity contribution >= 4 is 11.6 Å². The van der Waals surface area contributed by atoms with Crippen molar-refractivity contribution < 1.29 is 13.2 Å². The van der Waals surface area contributed by atoms with Crippen molar-refractivity contribution in [3.05, 3.63) is 18.2 Å². The number of pyridine rings is 1. The first-order valence-corrected chi connectivity index (χ1v) is 5.60. The molecule has 0 aliphatic carbocycles. The van der Waals surface area contributed by atoms with Gasteiger partial charge in [-0.15, -0.1) is 0 Å². The predicted octanol–water partition coefficient (Wildman–Crippen LogP) is 3.29. The molecule has 0 saturated carbocycles. The second-order valence-corrected chi connectivity index (χ2v) is 5.23. The van der Waals surface area contributed by atoms with Crippen LogP contribution in [0.5, 0.6) is 0 Å². The van der Waals surface area contributed by atoms with E-state index in [9.17, 15) is 13.2 Å². The molecule has 0 fully saturated rings. The number of hydrogen-bond donors (Lipinski definition) is 1. The second-order valence-electron chi connectivity index (χ2n) is 5.23. The van der Waals surface area contributed by atoms with E-state index in [0.717, 1.165) is 4.90 Å². The van der Waals surface area contributed by atoms with E-state index in [1.54, 1.807) is 18.2 Å². The average Bonchev–Trinajstić information content (AvgIpc) is 2.12. The van der Waals surface area contributed by atoms with Crippen molar-refractivity contribution in [2.75, 3.05) is 23.8 Å². The largest absolute Gasteiger partial charge is 0.405 e. The van der Waals surface area contributed by atoms with E-state index in [4.69, 9.17) is 0 Å². The van der Waals surface area contributed by atoms with Crippen LogP contribution in [0.25, 0.3) is 0 Å². The zero-order valence-corrected chi connectivity index (χ0v) is 11.0. The minimum absolute atomic E-state index is 0.186. The van der Waals surface area contributed by atoms with Crippen LogP contribution in [0.2, 0.25) is 0 Å². The Hall–Kier alpha value is -1.46. The maximum atomic E-state index is 12.3. The van der Waals surface area contributed by atoms with Crippen LogP contribution in [0.4, 0.5) is 24.8 Å². The molecule has 0 bridgehead atoms. The molecule has 0 saturated heterocycles. The van der Waals surface area contributed by atoms with Crippen LogP contribution in [0.1, 0.15) is 20.8 Å². The van der Waals surface area contributed by atoms with E-state index < -0.39 is 12.7 Å². The summed E-state index contributed by atoms with van der Waals surface area (Å²) in [6, 6.07) is 4.97. The molecule has 6 heteroatoms. The molecule has 0 unspecified atom stereocenters. The summed E-state index contributed by atoms with van der Waals surface area (Å²) in [5.41, 5.74) is -0.186. The summed E-state index contributed by atoms with van der Waals surface area (Å²) in [6.07, 6.45) is -4.23. The summed E-state index contributed by atoms with van der Waals surface area (Å²) < 4.78 is 36.8. The second kappa shape index (κ2) is 5.04. The van der Waals surface area contributed by atoms with E-state index in [1.807, 2.05) is 20.8 Å². The van der Waals surface area contributed by atoms with Gasteiger partial charge in [-0.1, -0.05) is 6.07 Å². The topological polar surface area (TPSA) is 28.2 Å². The van der Waals surface area contributed by atoms with E-state index in [2.05, 4.69) is 10.3 Å². The molecule has 0 radical (unpaired) electrons. The van der Waals surface area contributed by atoms with E-state index in [-0.39, 0.29) is 5.54 Å². The summed E-state index contributed by atoms with van der Waals surface area (Å²) in [7, 11) is 1.37. The highest BCUT2D eigenvalue weighted by Crippen LogP contribution is 2.21. The van der Waals surface area contributed by atoms with Crippen LogP contribution in [-0.2, 0) is 0 Å². The summed E-state index contributed by atoms with van der Waals surface area (Å²) in [6.45, 7) is 4.86. The Morgan fingerprint density at radius 3 is 2.33 bits per heavy atom. The third-order valence-corrected chi connectivity index (χ3v) is 2.05. The van der Waals surface area contributed by atoms with Crippen LogP contribution in [-0.4, -0.2) is 30.3 Å². The SMILES string of the molecule is CN(CC(F)(F)F)c1cccc(NC(C)(C)C)n1. The Balaban J connectivity index is 2.82. The number of rotatable bonds is 3. The van der Waals surface area contributed by atoms with Crippen LogP contribution >= 0.6 is 0 Å². The molecular weight excluding hydrogens is 243 g/mol.